The molecule has 0 aromatic carbocycles. The summed E-state index contributed by atoms with van der Waals surface area (Å²) in [5.41, 5.74) is 0.687. The molecule has 2 heterocycles. The van der Waals surface area contributed by atoms with E-state index in [2.05, 4.69) is 43.0 Å². The van der Waals surface area contributed by atoms with E-state index in [1.807, 2.05) is 12.1 Å². The number of rotatable bonds is 5. The fourth-order valence-electron chi connectivity index (χ4n) is 1.22. The molecule has 0 saturated heterocycles. The van der Waals surface area contributed by atoms with Gasteiger partial charge in [-0.25, -0.2) is 0 Å². The number of nitrogens with one attached hydrogen (secondary N) is 1. The van der Waals surface area contributed by atoms with Crippen LogP contribution in [0.15, 0.2) is 40.0 Å². The molecular weight excluding hydrogens is 284 g/mol. The van der Waals surface area contributed by atoms with Crippen LogP contribution in [0, 0.1) is 0 Å². The van der Waals surface area contributed by atoms with Gasteiger partial charge in [-0.2, -0.15) is 4.98 Å². The van der Waals surface area contributed by atoms with Crippen molar-refractivity contribution in [3.05, 3.63) is 41.3 Å². The standard InChI is InChI=1S/C11H11BrN4O/c1-2-5-13-7-10-15-11(16-17-10)9-4-3-8(12)6-14-9/h2-4,6,13H,1,5,7H2. The molecule has 0 unspecified atom stereocenters. The lowest BCUT2D eigenvalue weighted by Gasteiger charge is -1.94. The van der Waals surface area contributed by atoms with E-state index < -0.39 is 0 Å². The van der Waals surface area contributed by atoms with Crippen LogP contribution in [0.2, 0.25) is 0 Å². The Bertz CT molecular complexity index is 494. The van der Waals surface area contributed by atoms with Gasteiger partial charge in [-0.05, 0) is 28.1 Å². The predicted octanol–water partition coefficient (Wildman–Crippen LogP) is 2.17. The number of hydrogen-bond donors (Lipinski definition) is 1. The first kappa shape index (κ1) is 11.9. The molecule has 5 nitrogen and oxygen atoms in total. The van der Waals surface area contributed by atoms with Gasteiger partial charge in [0.05, 0.1) is 6.54 Å². The molecule has 2 rings (SSSR count). The van der Waals surface area contributed by atoms with Crippen molar-refractivity contribution in [3.8, 4) is 11.5 Å². The molecule has 17 heavy (non-hydrogen) atoms. The van der Waals surface area contributed by atoms with Crippen molar-refractivity contribution < 1.29 is 4.52 Å². The monoisotopic (exact) mass is 294 g/mol. The summed E-state index contributed by atoms with van der Waals surface area (Å²) in [6, 6.07) is 3.71. The Kier molecular flexibility index (Phi) is 4.00. The Balaban J connectivity index is 2.07. The third kappa shape index (κ3) is 3.21. The van der Waals surface area contributed by atoms with E-state index in [9.17, 15) is 0 Å². The number of hydrogen-bond acceptors (Lipinski definition) is 5. The molecule has 0 fully saturated rings. The first-order valence-corrected chi connectivity index (χ1v) is 5.85. The number of pyridine rings is 1. The van der Waals surface area contributed by atoms with E-state index in [1.165, 1.54) is 0 Å². The predicted molar refractivity (Wildman–Crippen MR) is 67.1 cm³/mol. The minimum atomic E-state index is 0.493. The van der Waals surface area contributed by atoms with Gasteiger partial charge in [-0.3, -0.25) is 4.98 Å². The molecule has 6 heteroatoms. The summed E-state index contributed by atoms with van der Waals surface area (Å²) in [4.78, 5) is 8.42. The molecule has 0 saturated carbocycles. The largest absolute Gasteiger partial charge is 0.337 e. The number of aromatic nitrogens is 3. The highest BCUT2D eigenvalue weighted by atomic mass is 79.9. The highest BCUT2D eigenvalue weighted by Crippen LogP contribution is 2.15. The van der Waals surface area contributed by atoms with Crippen LogP contribution in [-0.4, -0.2) is 21.7 Å². The molecule has 0 amide bonds. The highest BCUT2D eigenvalue weighted by Gasteiger charge is 2.08. The summed E-state index contributed by atoms with van der Waals surface area (Å²) < 4.78 is 6.00. The van der Waals surface area contributed by atoms with Crippen LogP contribution in [0.1, 0.15) is 5.89 Å². The van der Waals surface area contributed by atoms with Gasteiger partial charge in [-0.15, -0.1) is 6.58 Å². The summed E-state index contributed by atoms with van der Waals surface area (Å²) in [5, 5.41) is 6.95. The molecule has 0 atom stereocenters. The lowest BCUT2D eigenvalue weighted by atomic mass is 10.3. The number of nitrogens with zero attached hydrogens (tertiary/aromatic N) is 3. The highest BCUT2D eigenvalue weighted by molar-refractivity contribution is 9.10. The second-order valence-electron chi connectivity index (χ2n) is 3.29. The minimum Gasteiger partial charge on any atom is -0.337 e. The van der Waals surface area contributed by atoms with Gasteiger partial charge in [0.25, 0.3) is 0 Å². The molecule has 88 valence electrons. The normalized spacial score (nSPS) is 10.4. The fraction of sp³-hybridized carbons (Fsp3) is 0.182. The Morgan fingerprint density at radius 1 is 1.47 bits per heavy atom. The molecule has 0 bridgehead atoms. The zero-order valence-electron chi connectivity index (χ0n) is 9.06. The minimum absolute atomic E-state index is 0.493. The Labute approximate surface area is 107 Å². The van der Waals surface area contributed by atoms with Crippen molar-refractivity contribution in [3.63, 3.8) is 0 Å². The molecule has 1 N–H and O–H groups in total. The van der Waals surface area contributed by atoms with Crippen LogP contribution in [0.5, 0.6) is 0 Å². The van der Waals surface area contributed by atoms with Crippen molar-refractivity contribution >= 4 is 15.9 Å². The summed E-state index contributed by atoms with van der Waals surface area (Å²) in [5.74, 6) is 1.03. The lowest BCUT2D eigenvalue weighted by Crippen LogP contribution is -2.12. The van der Waals surface area contributed by atoms with Gasteiger partial charge in [0.1, 0.15) is 5.69 Å². The maximum atomic E-state index is 5.09. The number of halogens is 1. The first-order chi connectivity index (χ1) is 8.29. The second kappa shape index (κ2) is 5.70. The van der Waals surface area contributed by atoms with Crippen LogP contribution in [0.3, 0.4) is 0 Å². The zero-order valence-corrected chi connectivity index (χ0v) is 10.6. The average molecular weight is 295 g/mol. The van der Waals surface area contributed by atoms with E-state index in [-0.39, 0.29) is 0 Å². The summed E-state index contributed by atoms with van der Waals surface area (Å²) >= 11 is 3.32. The van der Waals surface area contributed by atoms with Gasteiger partial charge < -0.3 is 9.84 Å². The summed E-state index contributed by atoms with van der Waals surface area (Å²) in [6.07, 6.45) is 3.47. The van der Waals surface area contributed by atoms with Gasteiger partial charge >= 0.3 is 0 Å². The Hall–Kier alpha value is -1.53. The van der Waals surface area contributed by atoms with E-state index in [4.69, 9.17) is 4.52 Å². The summed E-state index contributed by atoms with van der Waals surface area (Å²) in [6.45, 7) is 4.84. The topological polar surface area (TPSA) is 63.8 Å². The van der Waals surface area contributed by atoms with Crippen LogP contribution in [-0.2, 0) is 6.54 Å². The van der Waals surface area contributed by atoms with Gasteiger partial charge in [0.15, 0.2) is 0 Å². The SMILES string of the molecule is C=CCNCc1nc(-c2ccc(Br)cn2)no1. The average Bonchev–Trinajstić information content (AvgIpc) is 2.79. The maximum Gasteiger partial charge on any atom is 0.240 e. The molecule has 0 aliphatic carbocycles. The van der Waals surface area contributed by atoms with Crippen molar-refractivity contribution in [2.75, 3.05) is 6.54 Å². The van der Waals surface area contributed by atoms with Crippen LogP contribution < -0.4 is 5.32 Å². The van der Waals surface area contributed by atoms with E-state index in [1.54, 1.807) is 12.3 Å². The van der Waals surface area contributed by atoms with Crippen molar-refractivity contribution in [1.82, 2.24) is 20.4 Å². The first-order valence-electron chi connectivity index (χ1n) is 5.05. The molecule has 2 aromatic heterocycles. The maximum absolute atomic E-state index is 5.09. The molecule has 0 spiro atoms. The fourth-order valence-corrected chi connectivity index (χ4v) is 1.45. The Morgan fingerprint density at radius 3 is 3.06 bits per heavy atom. The van der Waals surface area contributed by atoms with Crippen LogP contribution >= 0.6 is 15.9 Å². The zero-order chi connectivity index (χ0) is 12.1. The lowest BCUT2D eigenvalue weighted by molar-refractivity contribution is 0.370. The summed E-state index contributed by atoms with van der Waals surface area (Å²) in [7, 11) is 0. The molecular formula is C11H11BrN4O. The van der Waals surface area contributed by atoms with Gasteiger partial charge in [0, 0.05) is 17.2 Å². The molecule has 0 aliphatic rings. The van der Waals surface area contributed by atoms with E-state index in [0.717, 1.165) is 4.47 Å². The molecule has 0 radical (unpaired) electrons. The van der Waals surface area contributed by atoms with Crippen molar-refractivity contribution in [1.29, 1.82) is 0 Å². The van der Waals surface area contributed by atoms with Crippen LogP contribution in [0.25, 0.3) is 11.5 Å². The van der Waals surface area contributed by atoms with E-state index in [0.29, 0.717) is 30.5 Å². The van der Waals surface area contributed by atoms with Gasteiger partial charge in [0.2, 0.25) is 11.7 Å². The third-order valence-corrected chi connectivity index (χ3v) is 2.46. The van der Waals surface area contributed by atoms with Crippen molar-refractivity contribution in [2.24, 2.45) is 0 Å². The van der Waals surface area contributed by atoms with Crippen molar-refractivity contribution in [2.45, 2.75) is 6.54 Å². The molecule has 0 aliphatic heterocycles. The molecule has 2 aromatic rings. The quantitative estimate of drug-likeness (QED) is 0.676. The smallest absolute Gasteiger partial charge is 0.240 e. The van der Waals surface area contributed by atoms with Gasteiger partial charge in [-0.1, -0.05) is 11.2 Å². The third-order valence-electron chi connectivity index (χ3n) is 1.99. The van der Waals surface area contributed by atoms with Crippen LogP contribution in [0.4, 0.5) is 0 Å². The Morgan fingerprint density at radius 2 is 2.35 bits per heavy atom. The van der Waals surface area contributed by atoms with E-state index >= 15 is 0 Å². The second-order valence-corrected chi connectivity index (χ2v) is 4.21.